The molecule has 0 aliphatic rings. The number of hydrogen-bond donors (Lipinski definition) is 1. The van der Waals surface area contributed by atoms with E-state index >= 15 is 0 Å². The molecule has 2 aromatic carbocycles. The molecule has 1 amide bonds. The van der Waals surface area contributed by atoms with Crippen LogP contribution in [0.15, 0.2) is 81.5 Å². The third-order valence-corrected chi connectivity index (χ3v) is 4.63. The zero-order valence-electron chi connectivity index (χ0n) is 15.6. The highest BCUT2D eigenvalue weighted by atomic mass is 79.9. The van der Waals surface area contributed by atoms with E-state index in [1.165, 1.54) is 6.26 Å². The summed E-state index contributed by atoms with van der Waals surface area (Å²) in [5, 5.41) is 2.64. The Balaban J connectivity index is 1.83. The molecule has 0 fully saturated rings. The molecule has 1 N–H and O–H groups in total. The summed E-state index contributed by atoms with van der Waals surface area (Å²) in [6.45, 7) is -0.0450. The van der Waals surface area contributed by atoms with Gasteiger partial charge in [-0.3, -0.25) is 4.79 Å². The van der Waals surface area contributed by atoms with Crippen LogP contribution in [0, 0.1) is 0 Å². The molecule has 0 aliphatic carbocycles. The van der Waals surface area contributed by atoms with Gasteiger partial charge in [-0.05, 0) is 64.0 Å². The lowest BCUT2D eigenvalue weighted by molar-refractivity contribution is -0.141. The van der Waals surface area contributed by atoms with E-state index in [1.54, 1.807) is 73.8 Å². The molecule has 7 heteroatoms. The Kier molecular flexibility index (Phi) is 6.86. The zero-order chi connectivity index (χ0) is 20.6. The van der Waals surface area contributed by atoms with Crippen LogP contribution in [0.4, 0.5) is 0 Å². The van der Waals surface area contributed by atoms with Crippen molar-refractivity contribution in [3.8, 4) is 5.75 Å². The maximum absolute atomic E-state index is 12.7. The third kappa shape index (κ3) is 5.58. The van der Waals surface area contributed by atoms with E-state index in [0.29, 0.717) is 27.1 Å². The summed E-state index contributed by atoms with van der Waals surface area (Å²) in [7, 11) is 1.57. The van der Waals surface area contributed by atoms with Gasteiger partial charge in [0.05, 0.1) is 18.9 Å². The van der Waals surface area contributed by atoms with E-state index in [0.717, 1.165) is 0 Å². The van der Waals surface area contributed by atoms with Gasteiger partial charge >= 0.3 is 5.97 Å². The van der Waals surface area contributed by atoms with Gasteiger partial charge in [0.2, 0.25) is 0 Å². The highest BCUT2D eigenvalue weighted by Crippen LogP contribution is 2.18. The van der Waals surface area contributed by atoms with Crippen molar-refractivity contribution in [2.24, 2.45) is 0 Å². The Morgan fingerprint density at radius 3 is 2.48 bits per heavy atom. The molecule has 0 atom stereocenters. The first-order chi connectivity index (χ1) is 14.1. The van der Waals surface area contributed by atoms with Gasteiger partial charge in [0, 0.05) is 4.47 Å². The van der Waals surface area contributed by atoms with Crippen molar-refractivity contribution in [2.75, 3.05) is 7.11 Å². The molecule has 3 aromatic rings. The molecule has 29 heavy (non-hydrogen) atoms. The number of amides is 1. The largest absolute Gasteiger partial charge is 0.497 e. The van der Waals surface area contributed by atoms with Crippen molar-refractivity contribution < 1.29 is 23.5 Å². The number of rotatable bonds is 7. The first-order valence-electron chi connectivity index (χ1n) is 8.68. The Morgan fingerprint density at radius 1 is 1.07 bits per heavy atom. The molecular weight excluding hydrogens is 438 g/mol. The quantitative estimate of drug-likeness (QED) is 0.417. The minimum Gasteiger partial charge on any atom is -0.497 e. The second kappa shape index (κ2) is 9.75. The van der Waals surface area contributed by atoms with Gasteiger partial charge < -0.3 is 19.2 Å². The smallest absolute Gasteiger partial charge is 0.355 e. The number of methoxy groups -OCH3 is 1. The number of hydrogen-bond acceptors (Lipinski definition) is 5. The normalized spacial score (nSPS) is 11.0. The summed E-state index contributed by atoms with van der Waals surface area (Å²) >= 11 is 3.34. The Labute approximate surface area is 176 Å². The van der Waals surface area contributed by atoms with E-state index in [2.05, 4.69) is 21.2 Å². The lowest BCUT2D eigenvalue weighted by atomic mass is 10.1. The maximum atomic E-state index is 12.7. The van der Waals surface area contributed by atoms with E-state index in [9.17, 15) is 9.59 Å². The Hall–Kier alpha value is -3.32. The summed E-state index contributed by atoms with van der Waals surface area (Å²) in [6.07, 6.45) is 3.03. The monoisotopic (exact) mass is 455 g/mol. The molecule has 6 nitrogen and oxygen atoms in total. The summed E-state index contributed by atoms with van der Waals surface area (Å²) in [6, 6.07) is 17.4. The molecule has 1 aromatic heterocycles. The maximum Gasteiger partial charge on any atom is 0.355 e. The summed E-state index contributed by atoms with van der Waals surface area (Å²) in [5.41, 5.74) is 1.10. The van der Waals surface area contributed by atoms with Gasteiger partial charge in [-0.15, -0.1) is 0 Å². The topological polar surface area (TPSA) is 77.8 Å². The van der Waals surface area contributed by atoms with Gasteiger partial charge in [-0.1, -0.05) is 24.3 Å². The molecule has 0 saturated carbocycles. The van der Waals surface area contributed by atoms with Crippen molar-refractivity contribution >= 4 is 33.9 Å². The van der Waals surface area contributed by atoms with E-state index < -0.39 is 11.9 Å². The van der Waals surface area contributed by atoms with Crippen molar-refractivity contribution in [2.45, 2.75) is 6.61 Å². The molecule has 148 valence electrons. The van der Waals surface area contributed by atoms with Crippen LogP contribution in [0.2, 0.25) is 0 Å². The molecule has 3 rings (SSSR count). The van der Waals surface area contributed by atoms with E-state index in [4.69, 9.17) is 13.9 Å². The van der Waals surface area contributed by atoms with Crippen molar-refractivity contribution in [3.63, 3.8) is 0 Å². The second-order valence-electron chi connectivity index (χ2n) is 5.92. The van der Waals surface area contributed by atoms with E-state index in [-0.39, 0.29) is 12.3 Å². The van der Waals surface area contributed by atoms with Crippen LogP contribution in [-0.2, 0) is 16.1 Å². The predicted octanol–water partition coefficient (Wildman–Crippen LogP) is 4.57. The molecule has 0 bridgehead atoms. The van der Waals surface area contributed by atoms with E-state index in [1.807, 2.05) is 0 Å². The van der Waals surface area contributed by atoms with Gasteiger partial charge in [-0.2, -0.15) is 0 Å². The lowest BCUT2D eigenvalue weighted by Gasteiger charge is -2.11. The van der Waals surface area contributed by atoms with Crippen molar-refractivity contribution in [1.29, 1.82) is 0 Å². The number of esters is 1. The fourth-order valence-electron chi connectivity index (χ4n) is 2.46. The van der Waals surface area contributed by atoms with Crippen LogP contribution in [0.25, 0.3) is 6.08 Å². The minimum atomic E-state index is -0.683. The van der Waals surface area contributed by atoms with Crippen molar-refractivity contribution in [3.05, 3.63) is 94.0 Å². The Morgan fingerprint density at radius 2 is 1.83 bits per heavy atom. The first kappa shape index (κ1) is 20.4. The van der Waals surface area contributed by atoms with Crippen LogP contribution in [0.3, 0.4) is 0 Å². The van der Waals surface area contributed by atoms with Crippen LogP contribution < -0.4 is 10.1 Å². The average Bonchev–Trinajstić information content (AvgIpc) is 3.26. The Bertz CT molecular complexity index is 1010. The molecule has 0 radical (unpaired) electrons. The number of halogens is 1. The van der Waals surface area contributed by atoms with Gasteiger partial charge in [0.15, 0.2) is 0 Å². The van der Waals surface area contributed by atoms with Gasteiger partial charge in [0.25, 0.3) is 5.91 Å². The molecule has 1 heterocycles. The molecule has 0 saturated heterocycles. The van der Waals surface area contributed by atoms with Crippen LogP contribution >= 0.6 is 15.9 Å². The number of ether oxygens (including phenoxy) is 2. The molecular formula is C22H18BrNO5. The summed E-state index contributed by atoms with van der Waals surface area (Å²) in [5.74, 6) is 0.0606. The predicted molar refractivity (Wildman–Crippen MR) is 111 cm³/mol. The lowest BCUT2D eigenvalue weighted by Crippen LogP contribution is -2.28. The summed E-state index contributed by atoms with van der Waals surface area (Å²) in [4.78, 5) is 25.3. The number of carbonyl (C=O) groups is 2. The highest BCUT2D eigenvalue weighted by Gasteiger charge is 2.18. The SMILES string of the molecule is COc1ccc(/C=C(\NC(=O)c2ccccc2Br)C(=O)OCc2ccco2)cc1. The molecule has 0 unspecified atom stereocenters. The number of benzene rings is 2. The number of furan rings is 1. The van der Waals surface area contributed by atoms with Crippen LogP contribution in [0.5, 0.6) is 5.75 Å². The average molecular weight is 456 g/mol. The third-order valence-electron chi connectivity index (χ3n) is 3.94. The van der Waals surface area contributed by atoms with Crippen LogP contribution in [-0.4, -0.2) is 19.0 Å². The highest BCUT2D eigenvalue weighted by molar-refractivity contribution is 9.10. The fraction of sp³-hybridized carbons (Fsp3) is 0.0909. The van der Waals surface area contributed by atoms with Crippen LogP contribution in [0.1, 0.15) is 21.7 Å². The number of nitrogens with one attached hydrogen (secondary N) is 1. The molecule has 0 spiro atoms. The number of carbonyl (C=O) groups excluding carboxylic acids is 2. The summed E-state index contributed by atoms with van der Waals surface area (Å²) < 4.78 is 16.2. The standard InChI is InChI=1S/C22H18BrNO5/c1-27-16-10-8-15(9-11-16)13-20(22(26)29-14-17-5-4-12-28-17)24-21(25)18-6-2-3-7-19(18)23/h2-13H,14H2,1H3,(H,24,25)/b20-13-. The fourth-order valence-corrected chi connectivity index (χ4v) is 2.92. The zero-order valence-corrected chi connectivity index (χ0v) is 17.1. The first-order valence-corrected chi connectivity index (χ1v) is 9.47. The van der Waals surface area contributed by atoms with Gasteiger partial charge in [-0.25, -0.2) is 4.79 Å². The minimum absolute atomic E-state index is 0.00229. The second-order valence-corrected chi connectivity index (χ2v) is 6.77. The molecule has 0 aliphatic heterocycles. The van der Waals surface area contributed by atoms with Crippen molar-refractivity contribution in [1.82, 2.24) is 5.32 Å². The van der Waals surface area contributed by atoms with Gasteiger partial charge in [0.1, 0.15) is 23.8 Å².